The molecule has 2 aromatic rings. The Bertz CT molecular complexity index is 899. The molecule has 0 aliphatic carbocycles. The molecule has 1 aromatic heterocycles. The van der Waals surface area contributed by atoms with E-state index in [1.807, 2.05) is 12.1 Å². The molecule has 2 rings (SSSR count). The maximum Gasteiger partial charge on any atom is 0.230 e. The minimum absolute atomic E-state index is 0.0182. The number of hydrogen-bond acceptors (Lipinski definition) is 7. The fraction of sp³-hybridized carbons (Fsp3) is 0.125. The van der Waals surface area contributed by atoms with Gasteiger partial charge in [-0.2, -0.15) is 10.5 Å². The number of rotatable bonds is 4. The zero-order valence-corrected chi connectivity index (χ0v) is 13.5. The van der Waals surface area contributed by atoms with E-state index < -0.39 is 11.2 Å². The largest absolute Gasteiger partial charge is 0.508 e. The number of aromatic hydroxyl groups is 1. The van der Waals surface area contributed by atoms with Crippen molar-refractivity contribution >= 4 is 23.5 Å². The van der Waals surface area contributed by atoms with Crippen molar-refractivity contribution in [3.63, 3.8) is 0 Å². The van der Waals surface area contributed by atoms with E-state index in [2.05, 4.69) is 4.98 Å². The van der Waals surface area contributed by atoms with Gasteiger partial charge in [0.25, 0.3) is 0 Å². The highest BCUT2D eigenvalue weighted by Crippen LogP contribution is 2.37. The van der Waals surface area contributed by atoms with Crippen molar-refractivity contribution in [2.75, 3.05) is 5.73 Å². The summed E-state index contributed by atoms with van der Waals surface area (Å²) in [7, 11) is 0. The van der Waals surface area contributed by atoms with Gasteiger partial charge in [-0.3, -0.25) is 4.79 Å². The molecule has 1 atom stereocenters. The summed E-state index contributed by atoms with van der Waals surface area (Å²) in [5.74, 6) is -0.642. The Balaban J connectivity index is 2.77. The van der Waals surface area contributed by atoms with Crippen LogP contribution in [0.2, 0.25) is 0 Å². The number of phenols is 1. The minimum Gasteiger partial charge on any atom is -0.508 e. The lowest BCUT2D eigenvalue weighted by molar-refractivity contribution is -0.117. The number of nitrogen functional groups attached to an aromatic ring is 1. The van der Waals surface area contributed by atoms with Gasteiger partial charge in [-0.05, 0) is 24.6 Å². The standard InChI is InChI=1S/C16H13N5O2S/c1-8(15(20)23)24-16-12(7-18)13(11(6-17)14(19)21-16)9-3-2-4-10(22)5-9/h2-5,8,22H,1H3,(H2,19,21)(H2,20,23). The number of nitrogens with two attached hydrogens (primary N) is 2. The fourth-order valence-electron chi connectivity index (χ4n) is 2.06. The number of nitrogens with zero attached hydrogens (tertiary/aromatic N) is 3. The zero-order valence-electron chi connectivity index (χ0n) is 12.6. The van der Waals surface area contributed by atoms with E-state index in [1.165, 1.54) is 12.1 Å². The van der Waals surface area contributed by atoms with Gasteiger partial charge in [0, 0.05) is 5.56 Å². The van der Waals surface area contributed by atoms with Gasteiger partial charge in [-0.1, -0.05) is 23.9 Å². The molecule has 5 N–H and O–H groups in total. The first-order valence-corrected chi connectivity index (χ1v) is 7.66. The highest BCUT2D eigenvalue weighted by Gasteiger charge is 2.23. The second kappa shape index (κ2) is 6.90. The van der Waals surface area contributed by atoms with Gasteiger partial charge in [0.15, 0.2) is 0 Å². The number of nitriles is 2. The minimum atomic E-state index is -0.631. The summed E-state index contributed by atoms with van der Waals surface area (Å²) in [6.45, 7) is 1.58. The van der Waals surface area contributed by atoms with Gasteiger partial charge in [-0.25, -0.2) is 4.98 Å². The number of pyridine rings is 1. The smallest absolute Gasteiger partial charge is 0.230 e. The number of primary amides is 1. The molecule has 7 nitrogen and oxygen atoms in total. The molecule has 1 unspecified atom stereocenters. The molecule has 24 heavy (non-hydrogen) atoms. The topological polar surface area (TPSA) is 150 Å². The molecule has 1 heterocycles. The number of aromatic nitrogens is 1. The summed E-state index contributed by atoms with van der Waals surface area (Å²) >= 11 is 0.989. The van der Waals surface area contributed by atoms with Crippen molar-refractivity contribution in [3.8, 4) is 29.0 Å². The van der Waals surface area contributed by atoms with E-state index in [4.69, 9.17) is 11.5 Å². The SMILES string of the molecule is CC(Sc1nc(N)c(C#N)c(-c2cccc(O)c2)c1C#N)C(N)=O. The van der Waals surface area contributed by atoms with Crippen molar-refractivity contribution in [2.24, 2.45) is 5.73 Å². The Hall–Kier alpha value is -3.23. The Labute approximate surface area is 142 Å². The van der Waals surface area contributed by atoms with Gasteiger partial charge < -0.3 is 16.6 Å². The van der Waals surface area contributed by atoms with Crippen LogP contribution < -0.4 is 11.5 Å². The third-order valence-corrected chi connectivity index (χ3v) is 4.34. The van der Waals surface area contributed by atoms with Crippen molar-refractivity contribution in [2.45, 2.75) is 17.2 Å². The summed E-state index contributed by atoms with van der Waals surface area (Å²) in [6.07, 6.45) is 0. The lowest BCUT2D eigenvalue weighted by Gasteiger charge is -2.14. The highest BCUT2D eigenvalue weighted by molar-refractivity contribution is 8.00. The van der Waals surface area contributed by atoms with Crippen LogP contribution in [0.1, 0.15) is 18.1 Å². The Kier molecular flexibility index (Phi) is 4.93. The molecule has 0 bridgehead atoms. The van der Waals surface area contributed by atoms with Crippen LogP contribution in [0.15, 0.2) is 29.3 Å². The zero-order chi connectivity index (χ0) is 17.9. The molecule has 0 aliphatic heterocycles. The molecular formula is C16H13N5O2S. The van der Waals surface area contributed by atoms with E-state index in [-0.39, 0.29) is 33.3 Å². The fourth-order valence-corrected chi connectivity index (χ4v) is 2.93. The van der Waals surface area contributed by atoms with Crippen LogP contribution in [0.4, 0.5) is 5.82 Å². The Morgan fingerprint density at radius 3 is 2.54 bits per heavy atom. The van der Waals surface area contributed by atoms with Gasteiger partial charge >= 0.3 is 0 Å². The van der Waals surface area contributed by atoms with Crippen LogP contribution in [0.5, 0.6) is 5.75 Å². The van der Waals surface area contributed by atoms with Crippen molar-refractivity contribution in [1.29, 1.82) is 10.5 Å². The van der Waals surface area contributed by atoms with Gasteiger partial charge in [0.2, 0.25) is 5.91 Å². The van der Waals surface area contributed by atoms with Crippen LogP contribution in [0.25, 0.3) is 11.1 Å². The third-order valence-electron chi connectivity index (χ3n) is 3.24. The first kappa shape index (κ1) is 17.1. The first-order chi connectivity index (χ1) is 11.4. The molecule has 0 saturated carbocycles. The van der Waals surface area contributed by atoms with Gasteiger partial charge in [0.1, 0.15) is 34.3 Å². The van der Waals surface area contributed by atoms with Gasteiger partial charge in [0.05, 0.1) is 10.8 Å². The molecule has 0 spiro atoms. The maximum absolute atomic E-state index is 11.3. The number of thioether (sulfide) groups is 1. The predicted molar refractivity (Wildman–Crippen MR) is 89.7 cm³/mol. The van der Waals surface area contributed by atoms with E-state index in [1.54, 1.807) is 19.1 Å². The lowest BCUT2D eigenvalue weighted by atomic mass is 9.97. The molecular weight excluding hydrogens is 326 g/mol. The highest BCUT2D eigenvalue weighted by atomic mass is 32.2. The molecule has 0 saturated heterocycles. The van der Waals surface area contributed by atoms with Crippen molar-refractivity contribution < 1.29 is 9.90 Å². The quantitative estimate of drug-likeness (QED) is 0.718. The lowest BCUT2D eigenvalue weighted by Crippen LogP contribution is -2.23. The van der Waals surface area contributed by atoms with Crippen LogP contribution >= 0.6 is 11.8 Å². The number of carbonyl (C=O) groups excluding carboxylic acids is 1. The number of hydrogen-bond donors (Lipinski definition) is 3. The number of benzene rings is 1. The number of amides is 1. The summed E-state index contributed by atoms with van der Waals surface area (Å²) in [5, 5.41) is 28.2. The average molecular weight is 339 g/mol. The maximum atomic E-state index is 11.3. The molecule has 1 aromatic carbocycles. The van der Waals surface area contributed by atoms with Gasteiger partial charge in [-0.15, -0.1) is 0 Å². The van der Waals surface area contributed by atoms with E-state index in [9.17, 15) is 20.4 Å². The number of phenolic OH excluding ortho intramolecular Hbond substituents is 1. The molecule has 0 fully saturated rings. The third kappa shape index (κ3) is 3.24. The van der Waals surface area contributed by atoms with Crippen molar-refractivity contribution in [1.82, 2.24) is 4.98 Å². The summed E-state index contributed by atoms with van der Waals surface area (Å²) in [5.41, 5.74) is 12.0. The molecule has 8 heteroatoms. The predicted octanol–water partition coefficient (Wildman–Crippen LogP) is 1.75. The monoisotopic (exact) mass is 339 g/mol. The summed E-state index contributed by atoms with van der Waals surface area (Å²) < 4.78 is 0. The van der Waals surface area contributed by atoms with Crippen LogP contribution in [-0.4, -0.2) is 21.2 Å². The number of carbonyl (C=O) groups is 1. The van der Waals surface area contributed by atoms with Crippen LogP contribution in [0.3, 0.4) is 0 Å². The first-order valence-electron chi connectivity index (χ1n) is 6.78. The van der Waals surface area contributed by atoms with E-state index >= 15 is 0 Å². The van der Waals surface area contributed by atoms with E-state index in [0.717, 1.165) is 11.8 Å². The summed E-state index contributed by atoms with van der Waals surface area (Å²) in [6, 6.07) is 10.1. The molecule has 1 amide bonds. The van der Waals surface area contributed by atoms with Crippen LogP contribution in [0, 0.1) is 22.7 Å². The van der Waals surface area contributed by atoms with E-state index in [0.29, 0.717) is 5.56 Å². The molecule has 0 radical (unpaired) electrons. The second-order valence-electron chi connectivity index (χ2n) is 4.86. The molecule has 0 aliphatic rings. The van der Waals surface area contributed by atoms with Crippen LogP contribution in [-0.2, 0) is 4.79 Å². The normalized spacial score (nSPS) is 11.3. The number of anilines is 1. The molecule has 120 valence electrons. The Morgan fingerprint density at radius 2 is 2.00 bits per heavy atom. The second-order valence-corrected chi connectivity index (χ2v) is 6.19. The van der Waals surface area contributed by atoms with Crippen molar-refractivity contribution in [3.05, 3.63) is 35.4 Å². The summed E-state index contributed by atoms with van der Waals surface area (Å²) in [4.78, 5) is 15.4. The Morgan fingerprint density at radius 1 is 1.33 bits per heavy atom. The average Bonchev–Trinajstić information content (AvgIpc) is 2.54.